The van der Waals surface area contributed by atoms with E-state index in [1.165, 1.54) is 38.5 Å². The molecule has 5 nitrogen and oxygen atoms in total. The summed E-state index contributed by atoms with van der Waals surface area (Å²) in [6.45, 7) is 1.84. The number of rotatable bonds is 6. The van der Waals surface area contributed by atoms with Crippen molar-refractivity contribution in [3.8, 4) is 5.69 Å². The third-order valence-corrected chi connectivity index (χ3v) is 5.14. The summed E-state index contributed by atoms with van der Waals surface area (Å²) in [5.41, 5.74) is 2.91. The van der Waals surface area contributed by atoms with Gasteiger partial charge in [-0.05, 0) is 31.0 Å². The summed E-state index contributed by atoms with van der Waals surface area (Å²) in [5, 5.41) is 13.2. The van der Waals surface area contributed by atoms with Gasteiger partial charge in [0.1, 0.15) is 0 Å². The lowest BCUT2D eigenvalue weighted by Gasteiger charge is -2.21. The lowest BCUT2D eigenvalue weighted by Crippen LogP contribution is -2.19. The molecule has 1 N–H and O–H groups in total. The molecule has 1 aromatic carbocycles. The van der Waals surface area contributed by atoms with E-state index in [1.807, 2.05) is 30.6 Å². The van der Waals surface area contributed by atoms with Crippen LogP contribution in [-0.2, 0) is 6.54 Å². The smallest absolute Gasteiger partial charge is 0.0969 e. The third-order valence-electron chi connectivity index (χ3n) is 5.14. The topological polar surface area (TPSA) is 55.6 Å². The van der Waals surface area contributed by atoms with Crippen molar-refractivity contribution in [1.82, 2.24) is 25.3 Å². The minimum absolute atomic E-state index is 0.772. The van der Waals surface area contributed by atoms with Gasteiger partial charge in [0.2, 0.25) is 0 Å². The van der Waals surface area contributed by atoms with Gasteiger partial charge < -0.3 is 5.32 Å². The van der Waals surface area contributed by atoms with Crippen LogP contribution in [0.25, 0.3) is 16.6 Å². The molecule has 2 aromatic heterocycles. The van der Waals surface area contributed by atoms with Gasteiger partial charge in [0.05, 0.1) is 29.3 Å². The van der Waals surface area contributed by atoms with Gasteiger partial charge in [0.15, 0.2) is 0 Å². The number of pyridine rings is 1. The van der Waals surface area contributed by atoms with Crippen molar-refractivity contribution >= 4 is 10.9 Å². The van der Waals surface area contributed by atoms with E-state index in [9.17, 15) is 0 Å². The van der Waals surface area contributed by atoms with Gasteiger partial charge in [-0.3, -0.25) is 4.98 Å². The van der Waals surface area contributed by atoms with Crippen LogP contribution in [0.2, 0.25) is 0 Å². The van der Waals surface area contributed by atoms with Crippen molar-refractivity contribution in [3.63, 3.8) is 0 Å². The zero-order valence-electron chi connectivity index (χ0n) is 14.6. The second-order valence-electron chi connectivity index (χ2n) is 7.01. The Balaban J connectivity index is 1.33. The molecule has 0 bridgehead atoms. The van der Waals surface area contributed by atoms with E-state index in [-0.39, 0.29) is 0 Å². The molecule has 130 valence electrons. The van der Waals surface area contributed by atoms with E-state index in [1.54, 1.807) is 4.68 Å². The summed E-state index contributed by atoms with van der Waals surface area (Å²) in [5.74, 6) is 0.917. The lowest BCUT2D eigenvalue weighted by molar-refractivity contribution is 0.333. The summed E-state index contributed by atoms with van der Waals surface area (Å²) >= 11 is 0. The number of benzene rings is 1. The number of nitrogens with one attached hydrogen (secondary N) is 1. The number of fused-ring (bicyclic) bond motifs is 1. The highest BCUT2D eigenvalue weighted by atomic mass is 15.4. The maximum atomic E-state index is 4.49. The number of aromatic nitrogens is 4. The van der Waals surface area contributed by atoms with E-state index in [0.29, 0.717) is 0 Å². The van der Waals surface area contributed by atoms with Gasteiger partial charge in [-0.2, -0.15) is 0 Å². The fourth-order valence-electron chi connectivity index (χ4n) is 3.69. The Labute approximate surface area is 148 Å². The molecule has 1 saturated carbocycles. The van der Waals surface area contributed by atoms with Gasteiger partial charge in [0, 0.05) is 11.9 Å². The van der Waals surface area contributed by atoms with Crippen molar-refractivity contribution in [2.75, 3.05) is 6.54 Å². The fourth-order valence-corrected chi connectivity index (χ4v) is 3.69. The highest BCUT2D eigenvalue weighted by Gasteiger charge is 2.12. The summed E-state index contributed by atoms with van der Waals surface area (Å²) in [4.78, 5) is 4.49. The van der Waals surface area contributed by atoms with E-state index in [4.69, 9.17) is 0 Å². The molecule has 1 aliphatic carbocycles. The Morgan fingerprint density at radius 1 is 1.12 bits per heavy atom. The lowest BCUT2D eigenvalue weighted by atomic mass is 9.87. The van der Waals surface area contributed by atoms with Crippen molar-refractivity contribution in [2.24, 2.45) is 5.92 Å². The predicted octanol–water partition coefficient (Wildman–Crippen LogP) is 3.88. The Hall–Kier alpha value is -2.27. The summed E-state index contributed by atoms with van der Waals surface area (Å²) < 4.78 is 1.80. The van der Waals surface area contributed by atoms with Crippen LogP contribution in [0.15, 0.2) is 42.7 Å². The van der Waals surface area contributed by atoms with E-state index in [0.717, 1.165) is 41.3 Å². The van der Waals surface area contributed by atoms with Crippen LogP contribution in [0.1, 0.15) is 44.2 Å². The van der Waals surface area contributed by atoms with Gasteiger partial charge in [0.25, 0.3) is 0 Å². The molecule has 0 radical (unpaired) electrons. The predicted molar refractivity (Wildman–Crippen MR) is 99.6 cm³/mol. The van der Waals surface area contributed by atoms with E-state index < -0.39 is 0 Å². The molecular weight excluding hydrogens is 310 g/mol. The molecule has 3 aromatic rings. The molecule has 1 aliphatic rings. The average Bonchev–Trinajstić information content (AvgIpc) is 3.15. The van der Waals surface area contributed by atoms with Crippen LogP contribution in [-0.4, -0.2) is 26.5 Å². The zero-order chi connectivity index (χ0) is 16.9. The van der Waals surface area contributed by atoms with Crippen LogP contribution in [0, 0.1) is 5.92 Å². The highest BCUT2D eigenvalue weighted by molar-refractivity contribution is 5.79. The first-order chi connectivity index (χ1) is 12.4. The number of hydrogen-bond donors (Lipinski definition) is 1. The maximum absolute atomic E-state index is 4.49. The minimum atomic E-state index is 0.772. The maximum Gasteiger partial charge on any atom is 0.0969 e. The van der Waals surface area contributed by atoms with Crippen LogP contribution in [0.3, 0.4) is 0 Å². The number of nitrogens with zero attached hydrogens (tertiary/aromatic N) is 4. The molecule has 0 amide bonds. The zero-order valence-corrected chi connectivity index (χ0v) is 14.6. The summed E-state index contributed by atoms with van der Waals surface area (Å²) in [7, 11) is 0. The van der Waals surface area contributed by atoms with Crippen molar-refractivity contribution in [2.45, 2.75) is 45.1 Å². The SMILES string of the molecule is c1ccc2ncc(-n3cc(CNCCC4CCCCC4)nn3)cc2c1. The van der Waals surface area contributed by atoms with Crippen molar-refractivity contribution in [1.29, 1.82) is 0 Å². The Morgan fingerprint density at radius 2 is 2.00 bits per heavy atom. The van der Waals surface area contributed by atoms with Gasteiger partial charge in [-0.15, -0.1) is 5.10 Å². The van der Waals surface area contributed by atoms with E-state index in [2.05, 4.69) is 32.7 Å². The Morgan fingerprint density at radius 3 is 2.92 bits per heavy atom. The molecule has 5 heteroatoms. The van der Waals surface area contributed by atoms with Crippen molar-refractivity contribution < 1.29 is 0 Å². The highest BCUT2D eigenvalue weighted by Crippen LogP contribution is 2.25. The van der Waals surface area contributed by atoms with Crippen LogP contribution in [0.4, 0.5) is 0 Å². The van der Waals surface area contributed by atoms with Gasteiger partial charge in [-0.1, -0.05) is 55.5 Å². The molecule has 0 aliphatic heterocycles. The largest absolute Gasteiger partial charge is 0.311 e. The Bertz CT molecular complexity index is 820. The molecule has 0 saturated heterocycles. The number of para-hydroxylation sites is 1. The van der Waals surface area contributed by atoms with Gasteiger partial charge >= 0.3 is 0 Å². The second-order valence-corrected chi connectivity index (χ2v) is 7.01. The first kappa shape index (κ1) is 16.2. The first-order valence-electron chi connectivity index (χ1n) is 9.35. The molecule has 4 rings (SSSR count). The monoisotopic (exact) mass is 335 g/mol. The summed E-state index contributed by atoms with van der Waals surface area (Å²) in [6, 6.07) is 10.2. The average molecular weight is 335 g/mol. The van der Waals surface area contributed by atoms with Crippen LogP contribution < -0.4 is 5.32 Å². The van der Waals surface area contributed by atoms with Gasteiger partial charge in [-0.25, -0.2) is 4.68 Å². The molecular formula is C20H25N5. The molecule has 0 unspecified atom stereocenters. The quantitative estimate of drug-likeness (QED) is 0.695. The molecule has 0 spiro atoms. The third kappa shape index (κ3) is 4.04. The van der Waals surface area contributed by atoms with Crippen LogP contribution >= 0.6 is 0 Å². The fraction of sp³-hybridized carbons (Fsp3) is 0.450. The second kappa shape index (κ2) is 7.74. The normalized spacial score (nSPS) is 15.7. The molecule has 1 fully saturated rings. The molecule has 0 atom stereocenters. The standard InChI is InChI=1S/C20H25N5/c1-2-6-16(7-3-1)10-11-21-13-18-15-25(24-23-18)19-12-17-8-4-5-9-20(17)22-14-19/h4-5,8-9,12,14-16,21H,1-3,6-7,10-11,13H2. The number of hydrogen-bond acceptors (Lipinski definition) is 4. The Kier molecular flexibility index (Phi) is 5.02. The first-order valence-corrected chi connectivity index (χ1v) is 9.35. The van der Waals surface area contributed by atoms with Crippen LogP contribution in [0.5, 0.6) is 0 Å². The molecule has 2 heterocycles. The van der Waals surface area contributed by atoms with E-state index >= 15 is 0 Å². The summed E-state index contributed by atoms with van der Waals surface area (Å²) in [6.07, 6.45) is 12.2. The minimum Gasteiger partial charge on any atom is -0.311 e. The van der Waals surface area contributed by atoms with Crippen molar-refractivity contribution in [3.05, 3.63) is 48.4 Å². The molecule has 25 heavy (non-hydrogen) atoms.